The van der Waals surface area contributed by atoms with Crippen molar-refractivity contribution in [2.24, 2.45) is 5.14 Å². The second kappa shape index (κ2) is 7.72. The molecule has 1 heterocycles. The zero-order chi connectivity index (χ0) is 20.5. The average Bonchev–Trinajstić information content (AvgIpc) is 2.64. The van der Waals surface area contributed by atoms with Crippen LogP contribution in [-0.2, 0) is 32.7 Å². The van der Waals surface area contributed by atoms with Gasteiger partial charge < -0.3 is 14.2 Å². The van der Waals surface area contributed by atoms with Crippen LogP contribution in [0.5, 0.6) is 5.75 Å². The number of hydrogen-bond acceptors (Lipinski definition) is 8. The van der Waals surface area contributed by atoms with E-state index in [-0.39, 0.29) is 46.7 Å². The van der Waals surface area contributed by atoms with Crippen molar-refractivity contribution in [3.05, 3.63) is 62.2 Å². The van der Waals surface area contributed by atoms with Crippen LogP contribution < -0.4 is 9.88 Å². The van der Waals surface area contributed by atoms with E-state index in [4.69, 9.17) is 31.0 Å². The van der Waals surface area contributed by atoms with Crippen LogP contribution in [0.4, 0.5) is 5.69 Å². The Bertz CT molecular complexity index is 1070. The number of primary sulfonamides is 1. The lowest BCUT2D eigenvalue weighted by molar-refractivity contribution is -0.385. The van der Waals surface area contributed by atoms with Gasteiger partial charge in [0.15, 0.2) is 6.79 Å². The predicted molar refractivity (Wildman–Crippen MR) is 95.3 cm³/mol. The molecule has 1 aliphatic heterocycles. The molecule has 0 saturated carbocycles. The van der Waals surface area contributed by atoms with Gasteiger partial charge in [0.1, 0.15) is 12.4 Å². The third-order valence-electron chi connectivity index (χ3n) is 3.83. The topological polar surface area (TPSA) is 148 Å². The number of esters is 1. The van der Waals surface area contributed by atoms with Crippen molar-refractivity contribution in [3.8, 4) is 5.75 Å². The number of halogens is 1. The molecular formula is C16H13ClN2O8S. The summed E-state index contributed by atoms with van der Waals surface area (Å²) in [6, 6.07) is 5.88. The second-order valence-corrected chi connectivity index (χ2v) is 7.69. The number of non-ortho nitro benzene ring substituents is 1. The molecule has 10 nitrogen and oxygen atoms in total. The number of nitrogens with zero attached hydrogens (tertiary/aromatic N) is 1. The van der Waals surface area contributed by atoms with Gasteiger partial charge in [-0.15, -0.1) is 0 Å². The number of ether oxygens (including phenoxy) is 3. The Labute approximate surface area is 164 Å². The van der Waals surface area contributed by atoms with Gasteiger partial charge in [-0.1, -0.05) is 11.6 Å². The van der Waals surface area contributed by atoms with Gasteiger partial charge in [0.2, 0.25) is 10.0 Å². The van der Waals surface area contributed by atoms with Crippen molar-refractivity contribution in [3.63, 3.8) is 0 Å². The molecule has 2 aromatic rings. The third kappa shape index (κ3) is 4.22. The van der Waals surface area contributed by atoms with Crippen molar-refractivity contribution in [1.82, 2.24) is 0 Å². The van der Waals surface area contributed by atoms with Gasteiger partial charge in [0, 0.05) is 23.3 Å². The number of rotatable bonds is 5. The van der Waals surface area contributed by atoms with Crippen LogP contribution in [0.3, 0.4) is 0 Å². The summed E-state index contributed by atoms with van der Waals surface area (Å²) in [5.74, 6) is -0.600. The molecule has 0 aliphatic carbocycles. The number of carbonyl (C=O) groups excluding carboxylic acids is 1. The summed E-state index contributed by atoms with van der Waals surface area (Å²) in [4.78, 5) is 22.6. The van der Waals surface area contributed by atoms with Gasteiger partial charge in [-0.05, 0) is 18.2 Å². The molecule has 2 N–H and O–H groups in total. The smallest absolute Gasteiger partial charge is 0.340 e. The number of nitrogens with two attached hydrogens (primary N) is 1. The first-order chi connectivity index (χ1) is 13.2. The zero-order valence-corrected chi connectivity index (χ0v) is 15.7. The maximum Gasteiger partial charge on any atom is 0.340 e. The molecule has 28 heavy (non-hydrogen) atoms. The third-order valence-corrected chi connectivity index (χ3v) is 5.07. The Morgan fingerprint density at radius 1 is 1.32 bits per heavy atom. The highest BCUT2D eigenvalue weighted by Crippen LogP contribution is 2.33. The lowest BCUT2D eigenvalue weighted by Crippen LogP contribution is -2.16. The SMILES string of the molecule is NS(=O)(=O)c1ccc(Cl)c(C(=O)OCc2cc([N+](=O)[O-])cc3c2OCOC3)c1. The van der Waals surface area contributed by atoms with Gasteiger partial charge in [-0.25, -0.2) is 18.4 Å². The van der Waals surface area contributed by atoms with E-state index in [1.54, 1.807) is 0 Å². The number of nitro benzene ring substituents is 1. The number of sulfonamides is 1. The average molecular weight is 429 g/mol. The van der Waals surface area contributed by atoms with Crippen LogP contribution in [0.1, 0.15) is 21.5 Å². The first-order valence-electron chi connectivity index (χ1n) is 7.67. The van der Waals surface area contributed by atoms with Crippen molar-refractivity contribution in [2.75, 3.05) is 6.79 Å². The summed E-state index contributed by atoms with van der Waals surface area (Å²) in [5, 5.41) is 16.1. The van der Waals surface area contributed by atoms with Crippen molar-refractivity contribution < 1.29 is 32.3 Å². The molecule has 2 aromatic carbocycles. The van der Waals surface area contributed by atoms with Crippen LogP contribution >= 0.6 is 11.6 Å². The summed E-state index contributed by atoms with van der Waals surface area (Å²) < 4.78 is 38.5. The second-order valence-electron chi connectivity index (χ2n) is 5.72. The molecule has 0 aromatic heterocycles. The van der Waals surface area contributed by atoms with Crippen molar-refractivity contribution >= 4 is 33.3 Å². The van der Waals surface area contributed by atoms with Crippen LogP contribution in [-0.4, -0.2) is 26.1 Å². The highest BCUT2D eigenvalue weighted by atomic mass is 35.5. The normalized spacial score (nSPS) is 13.4. The van der Waals surface area contributed by atoms with Gasteiger partial charge >= 0.3 is 5.97 Å². The minimum Gasteiger partial charge on any atom is -0.467 e. The summed E-state index contributed by atoms with van der Waals surface area (Å²) >= 11 is 5.94. The Kier molecular flexibility index (Phi) is 5.52. The number of benzene rings is 2. The van der Waals surface area contributed by atoms with Crippen LogP contribution in [0.15, 0.2) is 35.2 Å². The molecule has 0 unspecified atom stereocenters. The van der Waals surface area contributed by atoms with E-state index in [0.29, 0.717) is 11.3 Å². The molecule has 0 amide bonds. The van der Waals surface area contributed by atoms with E-state index < -0.39 is 20.9 Å². The maximum atomic E-state index is 12.4. The van der Waals surface area contributed by atoms with Crippen molar-refractivity contribution in [1.29, 1.82) is 0 Å². The molecule has 148 valence electrons. The highest BCUT2D eigenvalue weighted by molar-refractivity contribution is 7.89. The lowest BCUT2D eigenvalue weighted by atomic mass is 10.1. The predicted octanol–water partition coefficient (Wildman–Crippen LogP) is 2.12. The van der Waals surface area contributed by atoms with Gasteiger partial charge in [-0.2, -0.15) is 0 Å². The summed E-state index contributed by atoms with van der Waals surface area (Å²) in [5.41, 5.74) is 0.283. The molecule has 0 bridgehead atoms. The number of nitro groups is 1. The maximum absolute atomic E-state index is 12.4. The molecule has 12 heteroatoms. The molecule has 0 spiro atoms. The van der Waals surface area contributed by atoms with E-state index in [1.807, 2.05) is 0 Å². The Balaban J connectivity index is 1.88. The molecule has 0 atom stereocenters. The van der Waals surface area contributed by atoms with Crippen LogP contribution in [0, 0.1) is 10.1 Å². The van der Waals surface area contributed by atoms with E-state index in [2.05, 4.69) is 0 Å². The molecule has 3 rings (SSSR count). The van der Waals surface area contributed by atoms with E-state index in [9.17, 15) is 23.3 Å². The minimum absolute atomic E-state index is 0.0388. The molecule has 0 radical (unpaired) electrons. The van der Waals surface area contributed by atoms with Gasteiger partial charge in [0.25, 0.3) is 5.69 Å². The highest BCUT2D eigenvalue weighted by Gasteiger charge is 2.23. The Morgan fingerprint density at radius 3 is 2.75 bits per heavy atom. The fraction of sp³-hybridized carbons (Fsp3) is 0.188. The summed E-state index contributed by atoms with van der Waals surface area (Å²) in [6.45, 7) is -0.299. The number of fused-ring (bicyclic) bond motifs is 1. The largest absolute Gasteiger partial charge is 0.467 e. The fourth-order valence-corrected chi connectivity index (χ4v) is 3.29. The molecule has 1 aliphatic rings. The summed E-state index contributed by atoms with van der Waals surface area (Å²) in [6.07, 6.45) is 0. The monoisotopic (exact) mass is 428 g/mol. The summed E-state index contributed by atoms with van der Waals surface area (Å²) in [7, 11) is -4.05. The lowest BCUT2D eigenvalue weighted by Gasteiger charge is -2.20. The molecule has 0 saturated heterocycles. The van der Waals surface area contributed by atoms with Gasteiger partial charge in [0.05, 0.1) is 27.0 Å². The first kappa shape index (κ1) is 20.0. The number of carbonyl (C=O) groups is 1. The standard InChI is InChI=1S/C16H13ClN2O8S/c17-14-2-1-12(28(18,23)24)5-13(14)16(20)26-7-10-4-11(19(21)22)3-9-6-25-8-27-15(9)10/h1-5H,6-8H2,(H2,18,23,24). The molecular weight excluding hydrogens is 416 g/mol. The van der Waals surface area contributed by atoms with E-state index in [1.165, 1.54) is 18.2 Å². The van der Waals surface area contributed by atoms with E-state index >= 15 is 0 Å². The number of hydrogen-bond donors (Lipinski definition) is 1. The zero-order valence-electron chi connectivity index (χ0n) is 14.1. The van der Waals surface area contributed by atoms with Crippen molar-refractivity contribution in [2.45, 2.75) is 18.1 Å². The van der Waals surface area contributed by atoms with Crippen LogP contribution in [0.25, 0.3) is 0 Å². The molecule has 0 fully saturated rings. The quantitative estimate of drug-likeness (QED) is 0.432. The first-order valence-corrected chi connectivity index (χ1v) is 9.59. The Hall–Kier alpha value is -2.73. The fourth-order valence-electron chi connectivity index (χ4n) is 2.55. The van der Waals surface area contributed by atoms with E-state index in [0.717, 1.165) is 12.1 Å². The Morgan fingerprint density at radius 2 is 2.07 bits per heavy atom. The van der Waals surface area contributed by atoms with Gasteiger partial charge in [-0.3, -0.25) is 10.1 Å². The minimum atomic E-state index is -4.05. The van der Waals surface area contributed by atoms with Crippen LogP contribution in [0.2, 0.25) is 5.02 Å².